The van der Waals surface area contributed by atoms with Gasteiger partial charge < -0.3 is 9.84 Å². The molecule has 1 heterocycles. The van der Waals surface area contributed by atoms with Gasteiger partial charge in [0.2, 0.25) is 0 Å². The van der Waals surface area contributed by atoms with Crippen LogP contribution in [0.4, 0.5) is 11.4 Å². The summed E-state index contributed by atoms with van der Waals surface area (Å²) < 4.78 is 4.81. The van der Waals surface area contributed by atoms with Crippen molar-refractivity contribution in [2.75, 3.05) is 11.6 Å². The molecule has 1 aliphatic rings. The molecule has 0 radical (unpaired) electrons. The Labute approximate surface area is 135 Å². The van der Waals surface area contributed by atoms with Crippen LogP contribution < -0.4 is 5.01 Å². The highest BCUT2D eigenvalue weighted by atomic mass is 35.5. The molecule has 122 valence electrons. The van der Waals surface area contributed by atoms with Crippen LogP contribution in [-0.2, 0) is 14.3 Å². The largest absolute Gasteiger partial charge is 0.480 e. The number of carbonyl (C=O) groups is 2. The third-order valence-electron chi connectivity index (χ3n) is 3.10. The molecule has 9 nitrogen and oxygen atoms in total. The number of hydrogen-bond acceptors (Lipinski definition) is 7. The van der Waals surface area contributed by atoms with Gasteiger partial charge in [-0.3, -0.25) is 10.1 Å². The van der Waals surface area contributed by atoms with Gasteiger partial charge in [-0.25, -0.2) is 14.6 Å². The van der Waals surface area contributed by atoms with Crippen LogP contribution in [-0.4, -0.2) is 40.3 Å². The van der Waals surface area contributed by atoms with E-state index in [4.69, 9.17) is 16.3 Å². The van der Waals surface area contributed by atoms with Crippen LogP contribution in [0.1, 0.15) is 13.3 Å². The third-order valence-corrected chi connectivity index (χ3v) is 3.40. The molecule has 0 saturated heterocycles. The van der Waals surface area contributed by atoms with Crippen LogP contribution in [0.15, 0.2) is 23.3 Å². The van der Waals surface area contributed by atoms with E-state index in [0.29, 0.717) is 0 Å². The van der Waals surface area contributed by atoms with Gasteiger partial charge in [0.05, 0.1) is 22.2 Å². The average Bonchev–Trinajstić information content (AvgIpc) is 2.92. The highest BCUT2D eigenvalue weighted by molar-refractivity contribution is 6.38. The molecule has 0 fully saturated rings. The van der Waals surface area contributed by atoms with E-state index in [1.165, 1.54) is 12.1 Å². The molecule has 1 N–H and O–H groups in total. The van der Waals surface area contributed by atoms with Crippen LogP contribution >= 0.6 is 11.6 Å². The van der Waals surface area contributed by atoms with Crippen molar-refractivity contribution < 1.29 is 24.4 Å². The Morgan fingerprint density at radius 2 is 2.26 bits per heavy atom. The quantitative estimate of drug-likeness (QED) is 0.492. The van der Waals surface area contributed by atoms with Gasteiger partial charge in [0.1, 0.15) is 5.71 Å². The lowest BCUT2D eigenvalue weighted by atomic mass is 10.1. The molecule has 0 spiro atoms. The second-order valence-electron chi connectivity index (χ2n) is 4.56. The number of nitro groups is 1. The lowest BCUT2D eigenvalue weighted by Crippen LogP contribution is -2.34. The smallest absolute Gasteiger partial charge is 0.354 e. The second kappa shape index (κ2) is 6.61. The van der Waals surface area contributed by atoms with Gasteiger partial charge in [0, 0.05) is 18.6 Å². The van der Waals surface area contributed by atoms with Gasteiger partial charge in [-0.05, 0) is 13.0 Å². The Kier molecular flexibility index (Phi) is 4.80. The van der Waals surface area contributed by atoms with Crippen molar-refractivity contribution in [3.63, 3.8) is 0 Å². The van der Waals surface area contributed by atoms with Crippen LogP contribution in [0.25, 0.3) is 0 Å². The lowest BCUT2D eigenvalue weighted by molar-refractivity contribution is -0.384. The fraction of sp³-hybridized carbons (Fsp3) is 0.308. The summed E-state index contributed by atoms with van der Waals surface area (Å²) in [7, 11) is 0. The Morgan fingerprint density at radius 3 is 2.78 bits per heavy atom. The van der Waals surface area contributed by atoms with Gasteiger partial charge in [0.25, 0.3) is 5.69 Å². The van der Waals surface area contributed by atoms with Crippen molar-refractivity contribution in [2.24, 2.45) is 5.10 Å². The molecule has 1 aromatic rings. The minimum atomic E-state index is -1.21. The summed E-state index contributed by atoms with van der Waals surface area (Å²) in [5.74, 6) is -1.92. The predicted molar refractivity (Wildman–Crippen MR) is 80.7 cm³/mol. The third kappa shape index (κ3) is 3.39. The first-order chi connectivity index (χ1) is 10.8. The highest BCUT2D eigenvalue weighted by Gasteiger charge is 2.37. The summed E-state index contributed by atoms with van der Waals surface area (Å²) in [6.45, 7) is 1.75. The maximum atomic E-state index is 11.7. The zero-order valence-corrected chi connectivity index (χ0v) is 12.7. The van der Waals surface area contributed by atoms with E-state index in [-0.39, 0.29) is 35.1 Å². The van der Waals surface area contributed by atoms with Crippen molar-refractivity contribution in [3.05, 3.63) is 33.3 Å². The summed E-state index contributed by atoms with van der Waals surface area (Å²) in [5.41, 5.74) is -0.128. The number of nitro benzene ring substituents is 1. The number of non-ortho nitro benzene ring substituents is 1. The minimum absolute atomic E-state index is 0.0423. The molecule has 1 aromatic carbocycles. The minimum Gasteiger partial charge on any atom is -0.480 e. The molecule has 1 atom stereocenters. The fourth-order valence-corrected chi connectivity index (χ4v) is 2.32. The Balaban J connectivity index is 2.39. The second-order valence-corrected chi connectivity index (χ2v) is 4.97. The molecular formula is C13H12ClN3O6. The van der Waals surface area contributed by atoms with E-state index in [0.717, 1.165) is 11.1 Å². The summed E-state index contributed by atoms with van der Waals surface area (Å²) in [6, 6.07) is 2.41. The zero-order chi connectivity index (χ0) is 17.1. The molecular weight excluding hydrogens is 330 g/mol. The number of nitrogens with zero attached hydrogens (tertiary/aromatic N) is 3. The number of rotatable bonds is 5. The molecule has 0 aromatic heterocycles. The number of anilines is 1. The number of carboxylic acids is 1. The number of carboxylic acid groups (broad SMARTS) is 1. The Hall–Kier alpha value is -2.68. The van der Waals surface area contributed by atoms with Gasteiger partial charge in [-0.1, -0.05) is 11.6 Å². The van der Waals surface area contributed by atoms with Crippen molar-refractivity contribution in [1.29, 1.82) is 0 Å². The van der Waals surface area contributed by atoms with Crippen molar-refractivity contribution >= 4 is 40.6 Å². The summed E-state index contributed by atoms with van der Waals surface area (Å²) in [5, 5.41) is 25.0. The van der Waals surface area contributed by atoms with Crippen LogP contribution in [0.3, 0.4) is 0 Å². The lowest BCUT2D eigenvalue weighted by Gasteiger charge is -2.20. The van der Waals surface area contributed by atoms with E-state index in [2.05, 4.69) is 5.10 Å². The first-order valence-electron chi connectivity index (χ1n) is 6.55. The Bertz CT molecular complexity index is 705. The van der Waals surface area contributed by atoms with Gasteiger partial charge in [-0.15, -0.1) is 0 Å². The fourth-order valence-electron chi connectivity index (χ4n) is 2.06. The molecule has 2 rings (SSSR count). The van der Waals surface area contributed by atoms with Crippen molar-refractivity contribution in [1.82, 2.24) is 0 Å². The SMILES string of the molecule is CCOC(=O)C1=NN(c2ccc([N+](=O)[O-])cc2Cl)[C@H](C(=O)O)C1. The van der Waals surface area contributed by atoms with Crippen LogP contribution in [0.2, 0.25) is 5.02 Å². The summed E-state index contributed by atoms with van der Waals surface area (Å²) in [4.78, 5) is 33.2. The molecule has 0 aliphatic carbocycles. The maximum Gasteiger partial charge on any atom is 0.354 e. The molecule has 0 saturated carbocycles. The van der Waals surface area contributed by atoms with E-state index in [1.807, 2.05) is 0 Å². The maximum absolute atomic E-state index is 11.7. The number of ether oxygens (including phenoxy) is 1. The number of halogens is 1. The van der Waals surface area contributed by atoms with E-state index < -0.39 is 22.9 Å². The highest BCUT2D eigenvalue weighted by Crippen LogP contribution is 2.34. The molecule has 10 heteroatoms. The van der Waals surface area contributed by atoms with Gasteiger partial charge in [0.15, 0.2) is 6.04 Å². The summed E-state index contributed by atoms with van der Waals surface area (Å²) >= 11 is 5.99. The molecule has 0 unspecified atom stereocenters. The number of hydrazone groups is 1. The van der Waals surface area contributed by atoms with E-state index >= 15 is 0 Å². The first-order valence-corrected chi connectivity index (χ1v) is 6.93. The van der Waals surface area contributed by atoms with Crippen LogP contribution in [0, 0.1) is 10.1 Å². The van der Waals surface area contributed by atoms with Crippen molar-refractivity contribution in [2.45, 2.75) is 19.4 Å². The Morgan fingerprint density at radius 1 is 1.57 bits per heavy atom. The average molecular weight is 342 g/mol. The number of hydrogen-bond donors (Lipinski definition) is 1. The van der Waals surface area contributed by atoms with Gasteiger partial charge in [-0.2, -0.15) is 5.10 Å². The number of benzene rings is 1. The molecule has 0 amide bonds. The first kappa shape index (κ1) is 16.7. The zero-order valence-electron chi connectivity index (χ0n) is 11.9. The van der Waals surface area contributed by atoms with Crippen molar-refractivity contribution in [3.8, 4) is 0 Å². The monoisotopic (exact) mass is 341 g/mol. The number of aliphatic carboxylic acids is 1. The topological polar surface area (TPSA) is 122 Å². The standard InChI is InChI=1S/C13H12ClN3O6/c1-2-23-13(20)9-6-11(12(18)19)16(15-9)10-4-3-7(17(21)22)5-8(10)14/h3-5,11H,2,6H2,1H3,(H,18,19)/t11-/m0/s1. The van der Waals surface area contributed by atoms with E-state index in [1.54, 1.807) is 6.92 Å². The van der Waals surface area contributed by atoms with Gasteiger partial charge >= 0.3 is 11.9 Å². The normalized spacial score (nSPS) is 16.9. The molecule has 1 aliphatic heterocycles. The number of esters is 1. The predicted octanol–water partition coefficient (Wildman–Crippen LogP) is 1.83. The van der Waals surface area contributed by atoms with E-state index in [9.17, 15) is 24.8 Å². The molecule has 23 heavy (non-hydrogen) atoms. The summed E-state index contributed by atoms with van der Waals surface area (Å²) in [6.07, 6.45) is -0.151. The number of carbonyl (C=O) groups excluding carboxylic acids is 1. The van der Waals surface area contributed by atoms with Crippen LogP contribution in [0.5, 0.6) is 0 Å². The molecule has 0 bridgehead atoms.